The molecule has 4 aromatic carbocycles. The maximum absolute atomic E-state index is 13.9. The fourth-order valence-corrected chi connectivity index (χ4v) is 6.47. The number of aryl methyl sites for hydroxylation is 3. The molecule has 0 bridgehead atoms. The number of ether oxygens (including phenoxy) is 2. The number of unbranched alkanes of at least 4 members (excludes halogenated alkanes) is 2. The molecule has 44 heavy (non-hydrogen) atoms. The van der Waals surface area contributed by atoms with Gasteiger partial charge in [-0.2, -0.15) is 0 Å². The van der Waals surface area contributed by atoms with Crippen LogP contribution in [0.3, 0.4) is 0 Å². The fraction of sp³-hybridized carbons (Fsp3) is 0.350. The van der Waals surface area contributed by atoms with Gasteiger partial charge in [0.1, 0.15) is 6.10 Å². The van der Waals surface area contributed by atoms with Gasteiger partial charge in [-0.1, -0.05) is 106 Å². The second-order valence-electron chi connectivity index (χ2n) is 12.1. The Hall–Kier alpha value is -4.18. The van der Waals surface area contributed by atoms with Crippen LogP contribution in [-0.4, -0.2) is 24.1 Å². The highest BCUT2D eigenvalue weighted by Crippen LogP contribution is 2.46. The molecule has 2 unspecified atom stereocenters. The molecule has 0 N–H and O–H groups in total. The first kappa shape index (κ1) is 31.3. The number of carbonyl (C=O) groups excluding carboxylic acids is 2. The molecule has 0 spiro atoms. The fourth-order valence-electron chi connectivity index (χ4n) is 6.47. The van der Waals surface area contributed by atoms with Gasteiger partial charge < -0.3 is 9.47 Å². The predicted octanol–water partition coefficient (Wildman–Crippen LogP) is 9.38. The van der Waals surface area contributed by atoms with Crippen molar-refractivity contribution >= 4 is 11.9 Å². The summed E-state index contributed by atoms with van der Waals surface area (Å²) < 4.78 is 12.9. The Morgan fingerprint density at radius 3 is 1.66 bits per heavy atom. The van der Waals surface area contributed by atoms with Gasteiger partial charge in [-0.3, -0.25) is 0 Å². The van der Waals surface area contributed by atoms with E-state index in [1.807, 2.05) is 54.6 Å². The Balaban J connectivity index is 1.55. The summed E-state index contributed by atoms with van der Waals surface area (Å²) in [6, 6.07) is 31.9. The first-order chi connectivity index (χ1) is 21.4. The Labute approximate surface area is 262 Å². The molecule has 4 atom stereocenters. The highest BCUT2D eigenvalue weighted by molar-refractivity contribution is 5.91. The van der Waals surface area contributed by atoms with E-state index < -0.39 is 24.1 Å². The Kier molecular flexibility index (Phi) is 10.3. The molecule has 4 aromatic rings. The molecule has 4 nitrogen and oxygen atoms in total. The Bertz CT molecular complexity index is 1590. The highest BCUT2D eigenvalue weighted by Gasteiger charge is 2.46. The third kappa shape index (κ3) is 6.96. The number of carbonyl (C=O) groups is 2. The van der Waals surface area contributed by atoms with Gasteiger partial charge in [0.05, 0.1) is 17.0 Å². The van der Waals surface area contributed by atoms with Crippen LogP contribution in [0.5, 0.6) is 0 Å². The van der Waals surface area contributed by atoms with Crippen molar-refractivity contribution < 1.29 is 19.1 Å². The van der Waals surface area contributed by atoms with Gasteiger partial charge in [0.25, 0.3) is 0 Å². The molecule has 228 valence electrons. The van der Waals surface area contributed by atoms with E-state index in [0.29, 0.717) is 11.1 Å². The number of hydrogen-bond donors (Lipinski definition) is 0. The summed E-state index contributed by atoms with van der Waals surface area (Å²) >= 11 is 0. The smallest absolute Gasteiger partial charge is 0.338 e. The molecule has 0 aliphatic heterocycles. The lowest BCUT2D eigenvalue weighted by molar-refractivity contribution is -0.0532. The van der Waals surface area contributed by atoms with Crippen LogP contribution in [-0.2, 0) is 22.3 Å². The molecule has 0 saturated carbocycles. The van der Waals surface area contributed by atoms with Crippen molar-refractivity contribution in [2.75, 3.05) is 0 Å². The molecule has 0 heterocycles. The number of fused-ring (bicyclic) bond motifs is 1. The minimum absolute atomic E-state index is 0.188. The normalized spacial score (nSPS) is 19.2. The average Bonchev–Trinajstić information content (AvgIpc) is 3.05. The molecule has 0 fully saturated rings. The van der Waals surface area contributed by atoms with E-state index in [4.69, 9.17) is 9.47 Å². The second-order valence-corrected chi connectivity index (χ2v) is 12.1. The van der Waals surface area contributed by atoms with Crippen LogP contribution in [0.4, 0.5) is 0 Å². The highest BCUT2D eigenvalue weighted by atomic mass is 16.6. The third-order valence-electron chi connectivity index (χ3n) is 8.94. The molecular formula is C40H44O4. The van der Waals surface area contributed by atoms with E-state index in [1.54, 1.807) is 6.07 Å². The van der Waals surface area contributed by atoms with Gasteiger partial charge in [-0.05, 0) is 90.3 Å². The lowest BCUT2D eigenvalue weighted by Crippen LogP contribution is -2.46. The van der Waals surface area contributed by atoms with E-state index in [2.05, 4.69) is 64.1 Å². The van der Waals surface area contributed by atoms with E-state index in [-0.39, 0.29) is 11.8 Å². The van der Waals surface area contributed by atoms with Crippen LogP contribution in [0.1, 0.15) is 112 Å². The second kappa shape index (κ2) is 14.5. The Morgan fingerprint density at radius 2 is 1.11 bits per heavy atom. The molecule has 0 aromatic heterocycles. The van der Waals surface area contributed by atoms with Gasteiger partial charge in [0.15, 0.2) is 6.10 Å². The summed E-state index contributed by atoms with van der Waals surface area (Å²) in [5.41, 5.74) is 7.62. The van der Waals surface area contributed by atoms with Crippen LogP contribution in [0.2, 0.25) is 0 Å². The van der Waals surface area contributed by atoms with Crippen molar-refractivity contribution in [3.8, 4) is 0 Å². The van der Waals surface area contributed by atoms with Crippen molar-refractivity contribution in [3.05, 3.63) is 142 Å². The largest absolute Gasteiger partial charge is 0.454 e. The van der Waals surface area contributed by atoms with Crippen LogP contribution in [0.15, 0.2) is 97.1 Å². The molecule has 1 aliphatic carbocycles. The molecule has 0 saturated heterocycles. The van der Waals surface area contributed by atoms with E-state index >= 15 is 0 Å². The van der Waals surface area contributed by atoms with Crippen LogP contribution in [0, 0.1) is 6.92 Å². The zero-order valence-electron chi connectivity index (χ0n) is 26.4. The summed E-state index contributed by atoms with van der Waals surface area (Å²) in [6.45, 7) is 8.46. The number of benzene rings is 4. The minimum Gasteiger partial charge on any atom is -0.454 e. The average molecular weight is 589 g/mol. The molecule has 0 amide bonds. The topological polar surface area (TPSA) is 52.6 Å². The van der Waals surface area contributed by atoms with Crippen LogP contribution >= 0.6 is 0 Å². The zero-order valence-corrected chi connectivity index (χ0v) is 26.4. The molecule has 0 radical (unpaired) electrons. The van der Waals surface area contributed by atoms with Gasteiger partial charge in [-0.25, -0.2) is 9.59 Å². The quantitative estimate of drug-likeness (QED) is 0.164. The summed E-state index contributed by atoms with van der Waals surface area (Å²) in [5.74, 6) is -1.29. The van der Waals surface area contributed by atoms with Crippen LogP contribution < -0.4 is 0 Å². The Morgan fingerprint density at radius 1 is 0.614 bits per heavy atom. The zero-order chi connectivity index (χ0) is 31.1. The lowest BCUT2D eigenvalue weighted by atomic mass is 9.70. The number of esters is 2. The summed E-state index contributed by atoms with van der Waals surface area (Å²) in [4.78, 5) is 27.7. The van der Waals surface area contributed by atoms with E-state index in [9.17, 15) is 9.59 Å². The SMILES string of the molecule is CCCCc1cccc(C(=O)OC2C(OC(=O)c3cccc(CCCC)c3)[C@@H](C)c3ccccc3[C@@H]2c2ccccc2C)c1. The minimum atomic E-state index is -0.722. The maximum Gasteiger partial charge on any atom is 0.338 e. The van der Waals surface area contributed by atoms with Crippen molar-refractivity contribution in [2.24, 2.45) is 0 Å². The van der Waals surface area contributed by atoms with Crippen LogP contribution in [0.25, 0.3) is 0 Å². The van der Waals surface area contributed by atoms with Crippen molar-refractivity contribution in [3.63, 3.8) is 0 Å². The third-order valence-corrected chi connectivity index (χ3v) is 8.94. The number of hydrogen-bond acceptors (Lipinski definition) is 4. The van der Waals surface area contributed by atoms with E-state index in [0.717, 1.165) is 71.9 Å². The molecule has 1 aliphatic rings. The van der Waals surface area contributed by atoms with Gasteiger partial charge >= 0.3 is 11.9 Å². The van der Waals surface area contributed by atoms with Crippen molar-refractivity contribution in [1.82, 2.24) is 0 Å². The van der Waals surface area contributed by atoms with Gasteiger partial charge in [0, 0.05) is 5.92 Å². The molecular weight excluding hydrogens is 544 g/mol. The van der Waals surface area contributed by atoms with Gasteiger partial charge in [0.2, 0.25) is 0 Å². The summed E-state index contributed by atoms with van der Waals surface area (Å²) in [6.07, 6.45) is 4.71. The van der Waals surface area contributed by atoms with Gasteiger partial charge in [-0.15, -0.1) is 0 Å². The standard InChI is InChI=1S/C40H44O4/c1-5-7-16-29-18-13-20-31(25-29)39(41)43-37-28(4)34-23-11-12-24-35(34)36(33-22-10-9-15-27(33)3)38(37)44-40(42)32-21-14-19-30(26-32)17-8-6-2/h9-15,18-26,28,36-38H,5-8,16-17H2,1-4H3/t28-,36-,37?,38?/m0/s1. The maximum atomic E-state index is 13.9. The first-order valence-corrected chi connectivity index (χ1v) is 16.2. The van der Waals surface area contributed by atoms with E-state index in [1.165, 1.54) is 0 Å². The summed E-state index contributed by atoms with van der Waals surface area (Å²) in [7, 11) is 0. The monoisotopic (exact) mass is 588 g/mol. The molecule has 5 rings (SSSR count). The lowest BCUT2D eigenvalue weighted by Gasteiger charge is -2.42. The predicted molar refractivity (Wildman–Crippen MR) is 176 cm³/mol. The first-order valence-electron chi connectivity index (χ1n) is 16.2. The summed E-state index contributed by atoms with van der Waals surface area (Å²) in [5, 5.41) is 0. The molecule has 4 heteroatoms. The van der Waals surface area contributed by atoms with Crippen molar-refractivity contribution in [2.45, 2.75) is 90.3 Å². The number of rotatable bonds is 11. The van der Waals surface area contributed by atoms with Crippen molar-refractivity contribution in [1.29, 1.82) is 0 Å².